The van der Waals surface area contributed by atoms with Crippen molar-refractivity contribution >= 4 is 69.5 Å². The molecule has 0 N–H and O–H groups in total. The zero-order valence-corrected chi connectivity index (χ0v) is 24.5. The van der Waals surface area contributed by atoms with Gasteiger partial charge in [0.1, 0.15) is 24.7 Å². The van der Waals surface area contributed by atoms with Gasteiger partial charge in [0.05, 0.1) is 11.4 Å². The molecular formula is C29H27Cl3N2O4S. The molecule has 1 heterocycles. The van der Waals surface area contributed by atoms with Crippen LogP contribution in [0.5, 0.6) is 11.5 Å². The van der Waals surface area contributed by atoms with Crippen LogP contribution in [0.1, 0.15) is 25.0 Å². The summed E-state index contributed by atoms with van der Waals surface area (Å²) in [7, 11) is 0. The molecule has 0 unspecified atom stereocenters. The standard InChI is InChI=1S/C29H27Cl3N2O4S/c1-3-33(4-2)23-10-6-19(26(17-23)38-18-20-5-7-22(31)16-25(20)32)15-27-28(35)34(29(36)39-27)13-14-37-24-11-8-21(30)9-12-24/h5-12,15-17H,3-4,13-14,18H2,1-2H3/b27-15-. The van der Waals surface area contributed by atoms with Crippen LogP contribution in [0, 0.1) is 0 Å². The second-order valence-electron chi connectivity index (χ2n) is 8.55. The van der Waals surface area contributed by atoms with Gasteiger partial charge in [-0.1, -0.05) is 40.9 Å². The molecule has 6 nitrogen and oxygen atoms in total. The van der Waals surface area contributed by atoms with Crippen LogP contribution in [0.3, 0.4) is 0 Å². The number of halogens is 3. The lowest BCUT2D eigenvalue weighted by Gasteiger charge is -2.22. The number of anilines is 1. The molecule has 0 atom stereocenters. The zero-order chi connectivity index (χ0) is 27.9. The highest BCUT2D eigenvalue weighted by Crippen LogP contribution is 2.36. The molecule has 1 aliphatic heterocycles. The fourth-order valence-corrected chi connectivity index (χ4v) is 5.41. The van der Waals surface area contributed by atoms with Crippen LogP contribution in [-0.2, 0) is 11.4 Å². The number of hydrogen-bond donors (Lipinski definition) is 0. The molecule has 0 bridgehead atoms. The normalized spacial score (nSPS) is 14.3. The number of benzene rings is 3. The summed E-state index contributed by atoms with van der Waals surface area (Å²) in [6, 6.07) is 17.9. The predicted octanol–water partition coefficient (Wildman–Crippen LogP) is 8.19. The Balaban J connectivity index is 1.53. The Bertz CT molecular complexity index is 1380. The number of carbonyl (C=O) groups excluding carboxylic acids is 2. The highest BCUT2D eigenvalue weighted by molar-refractivity contribution is 8.18. The van der Waals surface area contributed by atoms with Gasteiger partial charge in [-0.05, 0) is 80.2 Å². The van der Waals surface area contributed by atoms with Crippen LogP contribution in [-0.4, -0.2) is 42.3 Å². The van der Waals surface area contributed by atoms with E-state index in [0.29, 0.717) is 37.0 Å². The van der Waals surface area contributed by atoms with Crippen LogP contribution in [0.2, 0.25) is 15.1 Å². The van der Waals surface area contributed by atoms with Crippen molar-refractivity contribution in [3.63, 3.8) is 0 Å². The van der Waals surface area contributed by atoms with Crippen molar-refractivity contribution in [2.45, 2.75) is 20.5 Å². The minimum atomic E-state index is -0.371. The molecule has 4 rings (SSSR count). The molecule has 1 fully saturated rings. The van der Waals surface area contributed by atoms with Crippen LogP contribution in [0.4, 0.5) is 10.5 Å². The van der Waals surface area contributed by atoms with Crippen molar-refractivity contribution in [1.29, 1.82) is 0 Å². The van der Waals surface area contributed by atoms with Crippen LogP contribution < -0.4 is 14.4 Å². The van der Waals surface area contributed by atoms with Crippen molar-refractivity contribution in [2.24, 2.45) is 0 Å². The molecule has 10 heteroatoms. The number of nitrogens with zero attached hydrogens (tertiary/aromatic N) is 2. The molecule has 0 aromatic heterocycles. The Morgan fingerprint density at radius 1 is 0.897 bits per heavy atom. The van der Waals surface area contributed by atoms with E-state index < -0.39 is 0 Å². The Labute approximate surface area is 247 Å². The fraction of sp³-hybridized carbons (Fsp3) is 0.241. The van der Waals surface area contributed by atoms with E-state index in [1.807, 2.05) is 24.3 Å². The maximum absolute atomic E-state index is 13.1. The first-order valence-electron chi connectivity index (χ1n) is 12.4. The van der Waals surface area contributed by atoms with Crippen molar-refractivity contribution in [1.82, 2.24) is 4.90 Å². The first-order chi connectivity index (χ1) is 18.8. The lowest BCUT2D eigenvalue weighted by Crippen LogP contribution is -2.32. The van der Waals surface area contributed by atoms with E-state index in [1.165, 1.54) is 4.90 Å². The van der Waals surface area contributed by atoms with Crippen molar-refractivity contribution in [3.05, 3.63) is 91.8 Å². The number of amides is 2. The Morgan fingerprint density at radius 3 is 2.31 bits per heavy atom. The van der Waals surface area contributed by atoms with Crippen molar-refractivity contribution in [2.75, 3.05) is 31.1 Å². The van der Waals surface area contributed by atoms with Gasteiger partial charge in [-0.2, -0.15) is 0 Å². The highest BCUT2D eigenvalue weighted by atomic mass is 35.5. The summed E-state index contributed by atoms with van der Waals surface area (Å²) < 4.78 is 11.9. The van der Waals surface area contributed by atoms with Gasteiger partial charge in [-0.25, -0.2) is 0 Å². The maximum Gasteiger partial charge on any atom is 0.293 e. The number of ether oxygens (including phenoxy) is 2. The predicted molar refractivity (Wildman–Crippen MR) is 160 cm³/mol. The average molecular weight is 606 g/mol. The maximum atomic E-state index is 13.1. The lowest BCUT2D eigenvalue weighted by atomic mass is 10.1. The third kappa shape index (κ3) is 7.42. The van der Waals surface area contributed by atoms with Crippen LogP contribution >= 0.6 is 46.6 Å². The van der Waals surface area contributed by atoms with Gasteiger partial charge in [-0.3, -0.25) is 14.5 Å². The van der Waals surface area contributed by atoms with Gasteiger partial charge >= 0.3 is 0 Å². The largest absolute Gasteiger partial charge is 0.492 e. The molecular weight excluding hydrogens is 579 g/mol. The summed E-state index contributed by atoms with van der Waals surface area (Å²) in [4.78, 5) is 29.4. The summed E-state index contributed by atoms with van der Waals surface area (Å²) in [6.45, 7) is 6.33. The molecule has 3 aromatic rings. The second-order valence-corrected chi connectivity index (χ2v) is 10.8. The topological polar surface area (TPSA) is 59.1 Å². The summed E-state index contributed by atoms with van der Waals surface area (Å²) in [5, 5.41) is 1.30. The lowest BCUT2D eigenvalue weighted by molar-refractivity contribution is -0.123. The molecule has 3 aromatic carbocycles. The van der Waals surface area contributed by atoms with E-state index in [2.05, 4.69) is 18.7 Å². The molecule has 0 saturated carbocycles. The number of carbonyl (C=O) groups is 2. The Hall–Kier alpha value is -2.84. The first-order valence-corrected chi connectivity index (χ1v) is 14.3. The van der Waals surface area contributed by atoms with Gasteiger partial charge in [0.2, 0.25) is 0 Å². The van der Waals surface area contributed by atoms with E-state index in [4.69, 9.17) is 44.3 Å². The monoisotopic (exact) mass is 604 g/mol. The van der Waals surface area contributed by atoms with Crippen molar-refractivity contribution < 1.29 is 19.1 Å². The number of thioether (sulfide) groups is 1. The summed E-state index contributed by atoms with van der Waals surface area (Å²) >= 11 is 19.2. The van der Waals surface area contributed by atoms with E-state index in [0.717, 1.165) is 36.1 Å². The van der Waals surface area contributed by atoms with E-state index in [9.17, 15) is 9.59 Å². The molecule has 0 aliphatic carbocycles. The number of rotatable bonds is 11. The van der Waals surface area contributed by atoms with Gasteiger partial charge in [0.25, 0.3) is 11.1 Å². The van der Waals surface area contributed by atoms with Gasteiger partial charge < -0.3 is 14.4 Å². The molecule has 0 spiro atoms. The summed E-state index contributed by atoms with van der Waals surface area (Å²) in [6.07, 6.45) is 1.69. The fourth-order valence-electron chi connectivity index (χ4n) is 3.97. The molecule has 204 valence electrons. The van der Waals surface area contributed by atoms with Gasteiger partial charge in [0.15, 0.2) is 0 Å². The molecule has 1 saturated heterocycles. The Kier molecular flexibility index (Phi) is 10.1. The zero-order valence-electron chi connectivity index (χ0n) is 21.5. The molecule has 39 heavy (non-hydrogen) atoms. The average Bonchev–Trinajstić information content (AvgIpc) is 3.18. The minimum Gasteiger partial charge on any atom is -0.492 e. The Morgan fingerprint density at radius 2 is 1.62 bits per heavy atom. The van der Waals surface area contributed by atoms with Crippen LogP contribution in [0.25, 0.3) is 6.08 Å². The SMILES string of the molecule is CCN(CC)c1ccc(/C=C2\SC(=O)N(CCOc3ccc(Cl)cc3)C2=O)c(OCc2ccc(Cl)cc2Cl)c1. The van der Waals surface area contributed by atoms with E-state index in [-0.39, 0.29) is 30.9 Å². The summed E-state index contributed by atoms with van der Waals surface area (Å²) in [5.41, 5.74) is 2.45. The minimum absolute atomic E-state index is 0.129. The molecule has 1 aliphatic rings. The van der Waals surface area contributed by atoms with Crippen molar-refractivity contribution in [3.8, 4) is 11.5 Å². The third-order valence-electron chi connectivity index (χ3n) is 6.08. The quantitative estimate of drug-likeness (QED) is 0.205. The second kappa shape index (κ2) is 13.5. The van der Waals surface area contributed by atoms with Crippen LogP contribution in [0.15, 0.2) is 65.6 Å². The smallest absolute Gasteiger partial charge is 0.293 e. The van der Waals surface area contributed by atoms with E-state index >= 15 is 0 Å². The number of hydrogen-bond acceptors (Lipinski definition) is 6. The molecule has 2 amide bonds. The summed E-state index contributed by atoms with van der Waals surface area (Å²) in [5.74, 6) is 0.810. The van der Waals surface area contributed by atoms with E-state index in [1.54, 1.807) is 42.5 Å². The van der Waals surface area contributed by atoms with Gasteiger partial charge in [-0.15, -0.1) is 0 Å². The highest BCUT2D eigenvalue weighted by Gasteiger charge is 2.35. The number of imide groups is 1. The van der Waals surface area contributed by atoms with Gasteiger partial charge in [0, 0.05) is 51.0 Å². The first kappa shape index (κ1) is 29.2. The molecule has 0 radical (unpaired) electrons. The third-order valence-corrected chi connectivity index (χ3v) is 7.83.